The summed E-state index contributed by atoms with van der Waals surface area (Å²) in [6, 6.07) is 6.05. The molecule has 0 bridgehead atoms. The standard InChI is InChI=1S/C11H15BrO/c1-11(2,3)10-5-4-9(12)6-8(10)7-13/h4-6,13H,7H2,1-3H3. The first kappa shape index (κ1) is 10.7. The second-order valence-corrected chi connectivity index (χ2v) is 5.13. The number of benzene rings is 1. The molecule has 0 radical (unpaired) electrons. The van der Waals surface area contributed by atoms with Gasteiger partial charge < -0.3 is 5.11 Å². The molecule has 0 heterocycles. The van der Waals surface area contributed by atoms with Gasteiger partial charge in [0.2, 0.25) is 0 Å². The molecular formula is C11H15BrO. The Morgan fingerprint density at radius 1 is 1.31 bits per heavy atom. The lowest BCUT2D eigenvalue weighted by Gasteiger charge is -2.22. The van der Waals surface area contributed by atoms with Crippen molar-refractivity contribution in [3.05, 3.63) is 33.8 Å². The zero-order chi connectivity index (χ0) is 10.1. The molecule has 1 N–H and O–H groups in total. The Balaban J connectivity index is 3.22. The lowest BCUT2D eigenvalue weighted by molar-refractivity contribution is 0.278. The predicted molar refractivity (Wildman–Crippen MR) is 58.8 cm³/mol. The molecule has 13 heavy (non-hydrogen) atoms. The summed E-state index contributed by atoms with van der Waals surface area (Å²) in [4.78, 5) is 0. The van der Waals surface area contributed by atoms with Crippen LogP contribution in [-0.4, -0.2) is 5.11 Å². The normalized spacial score (nSPS) is 11.8. The minimum atomic E-state index is 0.0960. The Labute approximate surface area is 87.9 Å². The zero-order valence-electron chi connectivity index (χ0n) is 8.26. The highest BCUT2D eigenvalue weighted by molar-refractivity contribution is 9.10. The van der Waals surface area contributed by atoms with Crippen LogP contribution in [-0.2, 0) is 12.0 Å². The van der Waals surface area contributed by atoms with Crippen molar-refractivity contribution in [3.63, 3.8) is 0 Å². The Bertz CT molecular complexity index is 299. The van der Waals surface area contributed by atoms with E-state index in [1.807, 2.05) is 12.1 Å². The largest absolute Gasteiger partial charge is 0.392 e. The quantitative estimate of drug-likeness (QED) is 0.802. The summed E-state index contributed by atoms with van der Waals surface area (Å²) in [5.41, 5.74) is 2.30. The predicted octanol–water partition coefficient (Wildman–Crippen LogP) is 3.24. The van der Waals surface area contributed by atoms with Gasteiger partial charge in [0.1, 0.15) is 0 Å². The second kappa shape index (κ2) is 3.81. The van der Waals surface area contributed by atoms with Crippen LogP contribution in [0.4, 0.5) is 0 Å². The van der Waals surface area contributed by atoms with Crippen molar-refractivity contribution in [2.45, 2.75) is 32.8 Å². The van der Waals surface area contributed by atoms with Crippen molar-refractivity contribution in [3.8, 4) is 0 Å². The smallest absolute Gasteiger partial charge is 0.0685 e. The van der Waals surface area contributed by atoms with Crippen LogP contribution in [0.5, 0.6) is 0 Å². The fourth-order valence-electron chi connectivity index (χ4n) is 1.42. The van der Waals surface area contributed by atoms with E-state index in [2.05, 4.69) is 42.8 Å². The first-order valence-electron chi connectivity index (χ1n) is 4.35. The van der Waals surface area contributed by atoms with Crippen LogP contribution in [0.3, 0.4) is 0 Å². The molecule has 0 saturated heterocycles. The van der Waals surface area contributed by atoms with Gasteiger partial charge in [-0.05, 0) is 28.7 Å². The van der Waals surface area contributed by atoms with Gasteiger partial charge >= 0.3 is 0 Å². The Morgan fingerprint density at radius 2 is 1.92 bits per heavy atom. The summed E-state index contributed by atoms with van der Waals surface area (Å²) in [7, 11) is 0. The zero-order valence-corrected chi connectivity index (χ0v) is 9.85. The molecule has 1 aromatic rings. The first-order chi connectivity index (χ1) is 5.95. The van der Waals surface area contributed by atoms with Crippen LogP contribution in [0.15, 0.2) is 22.7 Å². The maximum absolute atomic E-state index is 9.19. The molecule has 0 saturated carbocycles. The fourth-order valence-corrected chi connectivity index (χ4v) is 1.83. The van der Waals surface area contributed by atoms with Gasteiger partial charge in [0.15, 0.2) is 0 Å². The number of aliphatic hydroxyl groups excluding tert-OH is 1. The summed E-state index contributed by atoms with van der Waals surface area (Å²) in [5, 5.41) is 9.19. The van der Waals surface area contributed by atoms with Crippen molar-refractivity contribution >= 4 is 15.9 Å². The van der Waals surface area contributed by atoms with Crippen LogP contribution in [0.2, 0.25) is 0 Å². The van der Waals surface area contributed by atoms with Gasteiger partial charge in [0.25, 0.3) is 0 Å². The molecule has 0 aliphatic heterocycles. The van der Waals surface area contributed by atoms with E-state index < -0.39 is 0 Å². The summed E-state index contributed by atoms with van der Waals surface area (Å²) >= 11 is 3.39. The third-order valence-corrected chi connectivity index (χ3v) is 2.54. The lowest BCUT2D eigenvalue weighted by atomic mass is 9.84. The van der Waals surface area contributed by atoms with E-state index in [0.29, 0.717) is 0 Å². The molecular weight excluding hydrogens is 228 g/mol. The van der Waals surface area contributed by atoms with Crippen molar-refractivity contribution in [2.24, 2.45) is 0 Å². The summed E-state index contributed by atoms with van der Waals surface area (Å²) in [6.45, 7) is 6.55. The van der Waals surface area contributed by atoms with Crippen molar-refractivity contribution < 1.29 is 5.11 Å². The van der Waals surface area contributed by atoms with E-state index in [4.69, 9.17) is 0 Å². The molecule has 1 nitrogen and oxygen atoms in total. The summed E-state index contributed by atoms with van der Waals surface area (Å²) in [6.07, 6.45) is 0. The van der Waals surface area contributed by atoms with Crippen molar-refractivity contribution in [2.75, 3.05) is 0 Å². The van der Waals surface area contributed by atoms with Gasteiger partial charge in [-0.1, -0.05) is 42.8 Å². The molecule has 0 aromatic heterocycles. The first-order valence-corrected chi connectivity index (χ1v) is 5.14. The molecule has 0 aliphatic rings. The van der Waals surface area contributed by atoms with Crippen LogP contribution >= 0.6 is 15.9 Å². The average molecular weight is 243 g/mol. The Morgan fingerprint density at radius 3 is 2.38 bits per heavy atom. The summed E-state index contributed by atoms with van der Waals surface area (Å²) in [5.74, 6) is 0. The van der Waals surface area contributed by atoms with Gasteiger partial charge in [-0.25, -0.2) is 0 Å². The molecule has 2 heteroatoms. The van der Waals surface area contributed by atoms with E-state index in [1.165, 1.54) is 5.56 Å². The molecule has 0 spiro atoms. The van der Waals surface area contributed by atoms with E-state index in [-0.39, 0.29) is 12.0 Å². The van der Waals surface area contributed by atoms with E-state index >= 15 is 0 Å². The third kappa shape index (κ3) is 2.55. The SMILES string of the molecule is CC(C)(C)c1ccc(Br)cc1CO. The molecule has 0 aliphatic carbocycles. The number of hydrogen-bond acceptors (Lipinski definition) is 1. The van der Waals surface area contributed by atoms with Crippen LogP contribution in [0.25, 0.3) is 0 Å². The summed E-state index contributed by atoms with van der Waals surface area (Å²) < 4.78 is 1.02. The number of rotatable bonds is 1. The fraction of sp³-hybridized carbons (Fsp3) is 0.455. The molecule has 1 aromatic carbocycles. The van der Waals surface area contributed by atoms with Gasteiger partial charge in [-0.15, -0.1) is 0 Å². The van der Waals surface area contributed by atoms with E-state index in [9.17, 15) is 5.11 Å². The lowest BCUT2D eigenvalue weighted by Crippen LogP contribution is -2.14. The minimum absolute atomic E-state index is 0.0960. The van der Waals surface area contributed by atoms with Crippen LogP contribution < -0.4 is 0 Å². The third-order valence-electron chi connectivity index (χ3n) is 2.05. The Hall–Kier alpha value is -0.340. The highest BCUT2D eigenvalue weighted by Gasteiger charge is 2.17. The van der Waals surface area contributed by atoms with E-state index in [0.717, 1.165) is 10.0 Å². The molecule has 72 valence electrons. The number of hydrogen-bond donors (Lipinski definition) is 1. The Kier molecular flexibility index (Phi) is 3.14. The van der Waals surface area contributed by atoms with Gasteiger partial charge in [-0.2, -0.15) is 0 Å². The molecule has 1 rings (SSSR count). The maximum Gasteiger partial charge on any atom is 0.0685 e. The molecule has 0 unspecified atom stereocenters. The van der Waals surface area contributed by atoms with Gasteiger partial charge in [-0.3, -0.25) is 0 Å². The molecule has 0 atom stereocenters. The monoisotopic (exact) mass is 242 g/mol. The number of halogens is 1. The van der Waals surface area contributed by atoms with Gasteiger partial charge in [0.05, 0.1) is 6.61 Å². The van der Waals surface area contributed by atoms with E-state index in [1.54, 1.807) is 0 Å². The van der Waals surface area contributed by atoms with Gasteiger partial charge in [0, 0.05) is 4.47 Å². The van der Waals surface area contributed by atoms with Crippen LogP contribution in [0.1, 0.15) is 31.9 Å². The van der Waals surface area contributed by atoms with Crippen molar-refractivity contribution in [1.82, 2.24) is 0 Å². The number of aliphatic hydroxyl groups is 1. The maximum atomic E-state index is 9.19. The van der Waals surface area contributed by atoms with Crippen molar-refractivity contribution in [1.29, 1.82) is 0 Å². The average Bonchev–Trinajstić information content (AvgIpc) is 2.01. The highest BCUT2D eigenvalue weighted by atomic mass is 79.9. The second-order valence-electron chi connectivity index (χ2n) is 4.21. The molecule has 0 amide bonds. The topological polar surface area (TPSA) is 20.2 Å². The molecule has 0 fully saturated rings. The highest BCUT2D eigenvalue weighted by Crippen LogP contribution is 2.28. The van der Waals surface area contributed by atoms with Crippen LogP contribution in [0, 0.1) is 0 Å². The minimum Gasteiger partial charge on any atom is -0.392 e.